The van der Waals surface area contributed by atoms with Crippen molar-refractivity contribution in [3.63, 3.8) is 0 Å². The van der Waals surface area contributed by atoms with Crippen LogP contribution in [-0.2, 0) is 4.74 Å². The fraction of sp³-hybridized carbons (Fsp3) is 0.412. The molecule has 0 bridgehead atoms. The molecule has 1 saturated heterocycles. The highest BCUT2D eigenvalue weighted by atomic mass is 19.1. The second-order valence-electron chi connectivity index (χ2n) is 5.85. The lowest BCUT2D eigenvalue weighted by atomic mass is 9.98. The molecule has 1 aliphatic heterocycles. The highest BCUT2D eigenvalue weighted by Crippen LogP contribution is 2.29. The van der Waals surface area contributed by atoms with Crippen LogP contribution in [0.25, 0.3) is 11.1 Å². The third-order valence-electron chi connectivity index (χ3n) is 4.02. The topological polar surface area (TPSA) is 35.0 Å². The van der Waals surface area contributed by atoms with E-state index in [4.69, 9.17) is 4.74 Å². The predicted octanol–water partition coefficient (Wildman–Crippen LogP) is 4.01. The Morgan fingerprint density at radius 2 is 1.73 bits per heavy atom. The van der Waals surface area contributed by atoms with Gasteiger partial charge in [0, 0.05) is 23.9 Å². The molecule has 22 heavy (non-hydrogen) atoms. The summed E-state index contributed by atoms with van der Waals surface area (Å²) in [6, 6.07) is 2.62. The molecule has 0 aliphatic carbocycles. The average molecular weight is 304 g/mol. The van der Waals surface area contributed by atoms with Crippen molar-refractivity contribution in [1.82, 2.24) is 9.97 Å². The highest BCUT2D eigenvalue weighted by Gasteiger charge is 2.22. The van der Waals surface area contributed by atoms with Crippen LogP contribution in [0.2, 0.25) is 0 Å². The van der Waals surface area contributed by atoms with Crippen molar-refractivity contribution in [3.05, 3.63) is 47.5 Å². The number of halogens is 2. The van der Waals surface area contributed by atoms with Crippen molar-refractivity contribution in [2.75, 3.05) is 6.61 Å². The van der Waals surface area contributed by atoms with E-state index in [2.05, 4.69) is 9.97 Å². The van der Waals surface area contributed by atoms with Gasteiger partial charge in [-0.1, -0.05) is 0 Å². The van der Waals surface area contributed by atoms with E-state index in [0.717, 1.165) is 12.8 Å². The Hall–Kier alpha value is -1.88. The van der Waals surface area contributed by atoms with Crippen LogP contribution in [0.15, 0.2) is 24.5 Å². The SMILES string of the molecule is Cc1cc(F)c(-c2cnc(C3CCC(C)OC3)nc2)c(F)c1. The van der Waals surface area contributed by atoms with Crippen molar-refractivity contribution < 1.29 is 13.5 Å². The van der Waals surface area contributed by atoms with Crippen LogP contribution in [0.1, 0.15) is 37.1 Å². The Labute approximate surface area is 128 Å². The zero-order chi connectivity index (χ0) is 15.7. The fourth-order valence-electron chi connectivity index (χ4n) is 2.74. The molecule has 3 nitrogen and oxygen atoms in total. The predicted molar refractivity (Wildman–Crippen MR) is 79.5 cm³/mol. The summed E-state index contributed by atoms with van der Waals surface area (Å²) in [5, 5.41) is 0. The lowest BCUT2D eigenvalue weighted by Crippen LogP contribution is -2.23. The Morgan fingerprint density at radius 3 is 2.27 bits per heavy atom. The molecule has 0 amide bonds. The molecule has 2 heterocycles. The zero-order valence-electron chi connectivity index (χ0n) is 12.6. The van der Waals surface area contributed by atoms with Gasteiger partial charge in [-0.3, -0.25) is 0 Å². The second-order valence-corrected chi connectivity index (χ2v) is 5.85. The molecule has 1 aliphatic rings. The van der Waals surface area contributed by atoms with Gasteiger partial charge in [0.15, 0.2) is 0 Å². The molecule has 2 aromatic rings. The molecule has 2 unspecified atom stereocenters. The van der Waals surface area contributed by atoms with Gasteiger partial charge in [-0.15, -0.1) is 0 Å². The number of hydrogen-bond donors (Lipinski definition) is 0. The quantitative estimate of drug-likeness (QED) is 0.840. The first-order valence-corrected chi connectivity index (χ1v) is 7.44. The minimum Gasteiger partial charge on any atom is -0.378 e. The number of rotatable bonds is 2. The molecule has 1 aromatic heterocycles. The Morgan fingerprint density at radius 1 is 1.09 bits per heavy atom. The summed E-state index contributed by atoms with van der Waals surface area (Å²) in [5.41, 5.74) is 0.819. The molecule has 116 valence electrons. The van der Waals surface area contributed by atoms with E-state index in [1.165, 1.54) is 24.5 Å². The molecule has 2 atom stereocenters. The van der Waals surface area contributed by atoms with Gasteiger partial charge in [-0.05, 0) is 44.4 Å². The van der Waals surface area contributed by atoms with E-state index < -0.39 is 11.6 Å². The lowest BCUT2D eigenvalue weighted by Gasteiger charge is -2.25. The first kappa shape index (κ1) is 15.0. The van der Waals surface area contributed by atoms with Gasteiger partial charge in [0.2, 0.25) is 0 Å². The van der Waals surface area contributed by atoms with E-state index in [1.54, 1.807) is 6.92 Å². The summed E-state index contributed by atoms with van der Waals surface area (Å²) in [7, 11) is 0. The van der Waals surface area contributed by atoms with E-state index in [1.807, 2.05) is 6.92 Å². The van der Waals surface area contributed by atoms with Gasteiger partial charge in [0.05, 0.1) is 18.3 Å². The van der Waals surface area contributed by atoms with E-state index in [-0.39, 0.29) is 17.6 Å². The molecule has 0 saturated carbocycles. The largest absolute Gasteiger partial charge is 0.378 e. The molecular weight excluding hydrogens is 286 g/mol. The van der Waals surface area contributed by atoms with Gasteiger partial charge >= 0.3 is 0 Å². The summed E-state index contributed by atoms with van der Waals surface area (Å²) in [6.07, 6.45) is 5.17. The normalized spacial score (nSPS) is 21.8. The van der Waals surface area contributed by atoms with Gasteiger partial charge in [-0.25, -0.2) is 18.7 Å². The Kier molecular flexibility index (Phi) is 4.16. The molecule has 1 fully saturated rings. The first-order valence-electron chi connectivity index (χ1n) is 7.44. The fourth-order valence-corrected chi connectivity index (χ4v) is 2.74. The number of nitrogens with zero attached hydrogens (tertiary/aromatic N) is 2. The Bertz CT molecular complexity index is 642. The van der Waals surface area contributed by atoms with Crippen LogP contribution < -0.4 is 0 Å². The molecule has 0 spiro atoms. The summed E-state index contributed by atoms with van der Waals surface area (Å²) in [5.74, 6) is -0.367. The Balaban J connectivity index is 1.86. The average Bonchev–Trinajstić information content (AvgIpc) is 2.48. The van der Waals surface area contributed by atoms with Crippen LogP contribution in [0, 0.1) is 18.6 Å². The molecule has 0 N–H and O–H groups in total. The molecule has 5 heteroatoms. The zero-order valence-corrected chi connectivity index (χ0v) is 12.6. The minimum atomic E-state index is -0.594. The van der Waals surface area contributed by atoms with Crippen molar-refractivity contribution in [2.45, 2.75) is 38.7 Å². The molecule has 0 radical (unpaired) electrons. The number of aryl methyl sites for hydroxylation is 1. The van der Waals surface area contributed by atoms with Crippen molar-refractivity contribution in [1.29, 1.82) is 0 Å². The standard InChI is InChI=1S/C17H18F2N2O/c1-10-5-14(18)16(15(19)6-10)13-7-20-17(21-8-13)12-4-3-11(2)22-9-12/h5-8,11-12H,3-4,9H2,1-2H3. The van der Waals surface area contributed by atoms with Crippen LogP contribution in [0.5, 0.6) is 0 Å². The van der Waals surface area contributed by atoms with Gasteiger partial charge in [0.1, 0.15) is 17.5 Å². The van der Waals surface area contributed by atoms with Crippen LogP contribution >= 0.6 is 0 Å². The number of ether oxygens (including phenoxy) is 1. The van der Waals surface area contributed by atoms with Gasteiger partial charge in [-0.2, -0.15) is 0 Å². The van der Waals surface area contributed by atoms with Crippen molar-refractivity contribution >= 4 is 0 Å². The van der Waals surface area contributed by atoms with Crippen LogP contribution in [-0.4, -0.2) is 22.7 Å². The minimum absolute atomic E-state index is 0.0781. The maximum Gasteiger partial charge on any atom is 0.134 e. The van der Waals surface area contributed by atoms with Crippen LogP contribution in [0.4, 0.5) is 8.78 Å². The third kappa shape index (κ3) is 2.99. The van der Waals surface area contributed by atoms with Crippen molar-refractivity contribution in [2.24, 2.45) is 0 Å². The van der Waals surface area contributed by atoms with E-state index >= 15 is 0 Å². The number of hydrogen-bond acceptors (Lipinski definition) is 3. The summed E-state index contributed by atoms with van der Waals surface area (Å²) < 4.78 is 33.6. The van der Waals surface area contributed by atoms with Crippen LogP contribution in [0.3, 0.4) is 0 Å². The van der Waals surface area contributed by atoms with E-state index in [0.29, 0.717) is 23.6 Å². The molecular formula is C17H18F2N2O. The monoisotopic (exact) mass is 304 g/mol. The maximum absolute atomic E-state index is 14.0. The lowest BCUT2D eigenvalue weighted by molar-refractivity contribution is 0.0137. The van der Waals surface area contributed by atoms with Gasteiger partial charge < -0.3 is 4.74 Å². The first-order chi connectivity index (χ1) is 10.5. The smallest absolute Gasteiger partial charge is 0.134 e. The van der Waals surface area contributed by atoms with Gasteiger partial charge in [0.25, 0.3) is 0 Å². The summed E-state index contributed by atoms with van der Waals surface area (Å²) >= 11 is 0. The third-order valence-corrected chi connectivity index (χ3v) is 4.02. The second kappa shape index (κ2) is 6.08. The number of benzene rings is 1. The highest BCUT2D eigenvalue weighted by molar-refractivity contribution is 5.63. The molecule has 3 rings (SSSR count). The summed E-state index contributed by atoms with van der Waals surface area (Å²) in [4.78, 5) is 8.57. The summed E-state index contributed by atoms with van der Waals surface area (Å²) in [6.45, 7) is 4.29. The number of aromatic nitrogens is 2. The molecule has 1 aromatic carbocycles. The van der Waals surface area contributed by atoms with E-state index in [9.17, 15) is 8.78 Å². The van der Waals surface area contributed by atoms with Crippen molar-refractivity contribution in [3.8, 4) is 11.1 Å². The maximum atomic E-state index is 14.0.